The molecule has 0 spiro atoms. The maximum Gasteiger partial charge on any atom is 0.267 e. The molecule has 1 aromatic carbocycles. The van der Waals surface area contributed by atoms with Crippen molar-refractivity contribution in [2.24, 2.45) is 0 Å². The number of fused-ring (bicyclic) bond motifs is 1. The Morgan fingerprint density at radius 3 is 2.67 bits per heavy atom. The molecular weight excluding hydrogens is 304 g/mol. The summed E-state index contributed by atoms with van der Waals surface area (Å²) in [6.07, 6.45) is 3.75. The number of benzene rings is 1. The second kappa shape index (κ2) is 7.34. The van der Waals surface area contributed by atoms with Gasteiger partial charge in [0.25, 0.3) is 5.91 Å². The second-order valence-electron chi connectivity index (χ2n) is 6.61. The monoisotopic (exact) mass is 330 g/mol. The van der Waals surface area contributed by atoms with Crippen LogP contribution in [0.25, 0.3) is 0 Å². The van der Waals surface area contributed by atoms with E-state index in [-0.39, 0.29) is 11.7 Å². The van der Waals surface area contributed by atoms with Crippen molar-refractivity contribution in [1.82, 2.24) is 4.90 Å². The molecule has 1 atom stereocenters. The molecule has 2 aliphatic rings. The van der Waals surface area contributed by atoms with Gasteiger partial charge in [0.15, 0.2) is 11.9 Å². The zero-order valence-corrected chi connectivity index (χ0v) is 14.6. The molecule has 130 valence electrons. The molecule has 2 aliphatic heterocycles. The molecule has 24 heavy (non-hydrogen) atoms. The Hall–Kier alpha value is -1.88. The van der Waals surface area contributed by atoms with Gasteiger partial charge in [0.1, 0.15) is 5.75 Å². The third-order valence-electron chi connectivity index (χ3n) is 4.90. The van der Waals surface area contributed by atoms with Crippen molar-refractivity contribution >= 4 is 17.4 Å². The summed E-state index contributed by atoms with van der Waals surface area (Å²) in [5, 5.41) is 0. The van der Waals surface area contributed by atoms with Gasteiger partial charge in [-0.2, -0.15) is 0 Å². The number of likely N-dealkylation sites (tertiary alicyclic amines) is 1. The van der Waals surface area contributed by atoms with E-state index in [9.17, 15) is 9.59 Å². The number of piperidine rings is 1. The molecule has 3 rings (SSSR count). The first kappa shape index (κ1) is 17.0. The number of nitrogens with zero attached hydrogens (tertiary/aromatic N) is 2. The van der Waals surface area contributed by atoms with Crippen molar-refractivity contribution in [3.63, 3.8) is 0 Å². The molecule has 1 aromatic rings. The minimum atomic E-state index is -0.480. The number of rotatable bonds is 5. The van der Waals surface area contributed by atoms with Crippen LogP contribution in [-0.2, 0) is 4.79 Å². The molecule has 0 radical (unpaired) electrons. The number of carbonyl (C=O) groups is 2. The van der Waals surface area contributed by atoms with Crippen LogP contribution in [0.4, 0.5) is 5.69 Å². The van der Waals surface area contributed by atoms with Crippen LogP contribution >= 0.6 is 0 Å². The molecule has 5 heteroatoms. The molecule has 0 aliphatic carbocycles. The molecule has 0 aromatic heterocycles. The number of ketones is 1. The quantitative estimate of drug-likeness (QED) is 0.779. The van der Waals surface area contributed by atoms with E-state index in [1.165, 1.54) is 19.3 Å². The predicted octanol–water partition coefficient (Wildman–Crippen LogP) is 2.88. The maximum atomic E-state index is 12.6. The molecule has 1 unspecified atom stereocenters. The van der Waals surface area contributed by atoms with Crippen molar-refractivity contribution in [2.75, 3.05) is 31.1 Å². The zero-order chi connectivity index (χ0) is 17.1. The number of Topliss-reactive ketones (excluding diaryl/α,β-unsaturated/α-hetero) is 1. The largest absolute Gasteiger partial charge is 0.479 e. The topological polar surface area (TPSA) is 49.9 Å². The lowest BCUT2D eigenvalue weighted by Gasteiger charge is -2.35. The van der Waals surface area contributed by atoms with Gasteiger partial charge in [0.2, 0.25) is 0 Å². The maximum absolute atomic E-state index is 12.6. The van der Waals surface area contributed by atoms with Gasteiger partial charge in [-0.3, -0.25) is 9.59 Å². The summed E-state index contributed by atoms with van der Waals surface area (Å²) >= 11 is 0. The SMILES string of the molecule is CCC(=O)c1ccc2c(c1)N(CCN1CCCCC1)C(=O)C(C)O2. The number of hydrogen-bond donors (Lipinski definition) is 0. The van der Waals surface area contributed by atoms with Crippen LogP contribution in [0.3, 0.4) is 0 Å². The van der Waals surface area contributed by atoms with Gasteiger partial charge in [0.05, 0.1) is 5.69 Å². The van der Waals surface area contributed by atoms with E-state index in [1.54, 1.807) is 24.0 Å². The van der Waals surface area contributed by atoms with E-state index >= 15 is 0 Å². The van der Waals surface area contributed by atoms with Gasteiger partial charge < -0.3 is 14.5 Å². The van der Waals surface area contributed by atoms with Crippen LogP contribution in [0.2, 0.25) is 0 Å². The molecule has 1 saturated heterocycles. The highest BCUT2D eigenvalue weighted by atomic mass is 16.5. The van der Waals surface area contributed by atoms with Crippen molar-refractivity contribution in [2.45, 2.75) is 45.6 Å². The third-order valence-corrected chi connectivity index (χ3v) is 4.90. The molecule has 1 fully saturated rings. The smallest absolute Gasteiger partial charge is 0.267 e. The van der Waals surface area contributed by atoms with Crippen molar-refractivity contribution in [3.8, 4) is 5.75 Å². The minimum Gasteiger partial charge on any atom is -0.479 e. The molecule has 1 amide bonds. The van der Waals surface area contributed by atoms with Gasteiger partial charge in [-0.05, 0) is 51.1 Å². The molecule has 0 N–H and O–H groups in total. The van der Waals surface area contributed by atoms with E-state index < -0.39 is 6.10 Å². The van der Waals surface area contributed by atoms with Gasteiger partial charge in [-0.15, -0.1) is 0 Å². The van der Waals surface area contributed by atoms with Crippen molar-refractivity contribution < 1.29 is 14.3 Å². The van der Waals surface area contributed by atoms with Crippen LogP contribution in [0.1, 0.15) is 49.9 Å². The summed E-state index contributed by atoms with van der Waals surface area (Å²) in [5.74, 6) is 0.744. The molecule has 0 bridgehead atoms. The van der Waals surface area contributed by atoms with Crippen molar-refractivity contribution in [3.05, 3.63) is 23.8 Å². The fourth-order valence-corrected chi connectivity index (χ4v) is 3.44. The first-order chi connectivity index (χ1) is 11.6. The Bertz CT molecular complexity index is 623. The summed E-state index contributed by atoms with van der Waals surface area (Å²) in [7, 11) is 0. The Morgan fingerprint density at radius 1 is 1.21 bits per heavy atom. The lowest BCUT2D eigenvalue weighted by molar-refractivity contribution is -0.125. The van der Waals surface area contributed by atoms with Gasteiger partial charge in [0, 0.05) is 25.1 Å². The molecular formula is C19H26N2O3. The fraction of sp³-hybridized carbons (Fsp3) is 0.579. The second-order valence-corrected chi connectivity index (χ2v) is 6.61. The Labute approximate surface area is 143 Å². The minimum absolute atomic E-state index is 0.0272. The first-order valence-electron chi connectivity index (χ1n) is 8.97. The molecule has 0 saturated carbocycles. The van der Waals surface area contributed by atoms with Crippen LogP contribution in [-0.4, -0.2) is 48.9 Å². The lowest BCUT2D eigenvalue weighted by atomic mass is 10.1. The van der Waals surface area contributed by atoms with Crippen LogP contribution in [0.5, 0.6) is 5.75 Å². The number of hydrogen-bond acceptors (Lipinski definition) is 4. The van der Waals surface area contributed by atoms with Crippen LogP contribution in [0, 0.1) is 0 Å². The number of carbonyl (C=O) groups excluding carboxylic acids is 2. The van der Waals surface area contributed by atoms with Crippen LogP contribution < -0.4 is 9.64 Å². The zero-order valence-electron chi connectivity index (χ0n) is 14.6. The third kappa shape index (κ3) is 3.46. The lowest BCUT2D eigenvalue weighted by Crippen LogP contribution is -2.48. The number of anilines is 1. The Morgan fingerprint density at radius 2 is 1.96 bits per heavy atom. The highest BCUT2D eigenvalue weighted by Gasteiger charge is 2.32. The number of amides is 1. The van der Waals surface area contributed by atoms with E-state index in [1.807, 2.05) is 13.0 Å². The van der Waals surface area contributed by atoms with E-state index in [2.05, 4.69) is 4.90 Å². The molecule has 2 heterocycles. The Kier molecular flexibility index (Phi) is 5.19. The summed E-state index contributed by atoms with van der Waals surface area (Å²) in [4.78, 5) is 28.8. The summed E-state index contributed by atoms with van der Waals surface area (Å²) in [5.41, 5.74) is 1.37. The summed E-state index contributed by atoms with van der Waals surface area (Å²) < 4.78 is 5.72. The van der Waals surface area contributed by atoms with Gasteiger partial charge in [-0.1, -0.05) is 13.3 Å². The predicted molar refractivity (Wildman–Crippen MR) is 93.8 cm³/mol. The normalized spacial score (nSPS) is 21.3. The summed E-state index contributed by atoms with van der Waals surface area (Å²) in [6, 6.07) is 5.41. The summed E-state index contributed by atoms with van der Waals surface area (Å²) in [6.45, 7) is 7.35. The van der Waals surface area contributed by atoms with E-state index in [0.29, 0.717) is 24.3 Å². The average molecular weight is 330 g/mol. The van der Waals surface area contributed by atoms with E-state index in [0.717, 1.165) is 25.3 Å². The molecule has 5 nitrogen and oxygen atoms in total. The van der Waals surface area contributed by atoms with Gasteiger partial charge in [-0.25, -0.2) is 0 Å². The fourth-order valence-electron chi connectivity index (χ4n) is 3.44. The highest BCUT2D eigenvalue weighted by Crippen LogP contribution is 2.35. The first-order valence-corrected chi connectivity index (χ1v) is 8.97. The standard InChI is InChI=1S/C19H26N2O3/c1-3-17(22)15-7-8-18-16(13-15)21(19(23)14(2)24-18)12-11-20-9-5-4-6-10-20/h7-8,13-14H,3-6,9-12H2,1-2H3. The van der Waals surface area contributed by atoms with Gasteiger partial charge >= 0.3 is 0 Å². The van der Waals surface area contributed by atoms with E-state index in [4.69, 9.17) is 4.74 Å². The van der Waals surface area contributed by atoms with Crippen LogP contribution in [0.15, 0.2) is 18.2 Å². The average Bonchev–Trinajstić information content (AvgIpc) is 2.62. The highest BCUT2D eigenvalue weighted by molar-refractivity contribution is 6.02. The number of ether oxygens (including phenoxy) is 1. The Balaban J connectivity index is 1.81. The van der Waals surface area contributed by atoms with Crippen molar-refractivity contribution in [1.29, 1.82) is 0 Å².